The second-order valence-corrected chi connectivity index (χ2v) is 12.0. The van der Waals surface area contributed by atoms with Gasteiger partial charge in [0.25, 0.3) is 0 Å². The van der Waals surface area contributed by atoms with Crippen LogP contribution in [0, 0.1) is 5.92 Å². The number of carbonyl (C=O) groups excluding carboxylic acids is 5. The van der Waals surface area contributed by atoms with Crippen molar-refractivity contribution in [1.29, 1.82) is 0 Å². The molecule has 0 saturated carbocycles. The van der Waals surface area contributed by atoms with Crippen LogP contribution < -0.4 is 16.0 Å². The summed E-state index contributed by atoms with van der Waals surface area (Å²) < 4.78 is 0. The van der Waals surface area contributed by atoms with E-state index in [1.807, 2.05) is 51.2 Å². The van der Waals surface area contributed by atoms with Crippen molar-refractivity contribution in [1.82, 2.24) is 25.8 Å². The Morgan fingerprint density at radius 2 is 1.67 bits per heavy atom. The number of benzene rings is 1. The van der Waals surface area contributed by atoms with Crippen LogP contribution in [0.3, 0.4) is 0 Å². The molecule has 1 aromatic heterocycles. The number of piperidine rings is 1. The van der Waals surface area contributed by atoms with E-state index >= 15 is 0 Å². The number of para-hydroxylation sites is 1. The highest BCUT2D eigenvalue weighted by Crippen LogP contribution is 2.23. The van der Waals surface area contributed by atoms with Crippen LogP contribution in [0.2, 0.25) is 0 Å². The summed E-state index contributed by atoms with van der Waals surface area (Å²) >= 11 is 0. The third-order valence-electron chi connectivity index (χ3n) is 8.53. The Hall–Kier alpha value is -3.69. The maximum atomic E-state index is 13.8. The Morgan fingerprint density at radius 1 is 0.929 bits per heavy atom. The summed E-state index contributed by atoms with van der Waals surface area (Å²) in [5.41, 5.74) is 1.79. The Bertz CT molecular complexity index is 1290. The van der Waals surface area contributed by atoms with Crippen molar-refractivity contribution in [2.75, 3.05) is 6.54 Å². The molecule has 10 heteroatoms. The van der Waals surface area contributed by atoms with Gasteiger partial charge in [0.1, 0.15) is 30.0 Å². The minimum atomic E-state index is -0.955. The zero-order chi connectivity index (χ0) is 30.2. The minimum absolute atomic E-state index is 0.208. The molecule has 4 amide bonds. The van der Waals surface area contributed by atoms with Gasteiger partial charge in [0.15, 0.2) is 0 Å². The fourth-order valence-corrected chi connectivity index (χ4v) is 5.98. The van der Waals surface area contributed by atoms with Crippen LogP contribution in [0.1, 0.15) is 84.1 Å². The van der Waals surface area contributed by atoms with Crippen LogP contribution in [0.4, 0.5) is 0 Å². The molecule has 0 spiro atoms. The summed E-state index contributed by atoms with van der Waals surface area (Å²) in [6.07, 6.45) is 7.62. The number of H-pyrrole nitrogens is 1. The molecule has 2 aliphatic rings. The first-order chi connectivity index (χ1) is 20.2. The van der Waals surface area contributed by atoms with Gasteiger partial charge in [-0.15, -0.1) is 0 Å². The highest BCUT2D eigenvalue weighted by Gasteiger charge is 2.40. The average Bonchev–Trinajstić information content (AvgIpc) is 3.40. The number of hydrogen-bond donors (Lipinski definition) is 4. The molecule has 228 valence electrons. The predicted molar refractivity (Wildman–Crippen MR) is 160 cm³/mol. The summed E-state index contributed by atoms with van der Waals surface area (Å²) in [6, 6.07) is 4.41. The molecular weight excluding hydrogens is 534 g/mol. The van der Waals surface area contributed by atoms with Gasteiger partial charge in [0.05, 0.1) is 0 Å². The molecule has 2 aliphatic heterocycles. The molecule has 2 saturated heterocycles. The van der Waals surface area contributed by atoms with E-state index in [0.29, 0.717) is 38.6 Å². The van der Waals surface area contributed by atoms with Crippen LogP contribution in [0.25, 0.3) is 10.9 Å². The van der Waals surface area contributed by atoms with E-state index < -0.39 is 36.0 Å². The second kappa shape index (κ2) is 14.5. The van der Waals surface area contributed by atoms with Crippen molar-refractivity contribution in [2.45, 2.75) is 109 Å². The normalized spacial score (nSPS) is 24.0. The van der Waals surface area contributed by atoms with Crippen molar-refractivity contribution in [3.8, 4) is 0 Å². The van der Waals surface area contributed by atoms with E-state index in [2.05, 4.69) is 20.9 Å². The molecule has 1 aromatic carbocycles. The number of unbranched alkanes of at least 4 members (excludes halogenated alkanes) is 2. The zero-order valence-electron chi connectivity index (χ0n) is 25.0. The van der Waals surface area contributed by atoms with Gasteiger partial charge in [-0.05, 0) is 49.7 Å². The average molecular weight is 580 g/mol. The second-order valence-electron chi connectivity index (χ2n) is 12.0. The van der Waals surface area contributed by atoms with Crippen LogP contribution in [-0.4, -0.2) is 70.0 Å². The van der Waals surface area contributed by atoms with Gasteiger partial charge in [0.2, 0.25) is 23.6 Å². The summed E-state index contributed by atoms with van der Waals surface area (Å²) in [7, 11) is 0. The summed E-state index contributed by atoms with van der Waals surface area (Å²) in [6.45, 7) is 6.01. The van der Waals surface area contributed by atoms with Gasteiger partial charge in [0, 0.05) is 42.9 Å². The number of nitrogens with zero attached hydrogens (tertiary/aromatic N) is 1. The first kappa shape index (κ1) is 31.3. The van der Waals surface area contributed by atoms with Crippen LogP contribution in [0.15, 0.2) is 30.5 Å². The van der Waals surface area contributed by atoms with Gasteiger partial charge in [-0.1, -0.05) is 51.8 Å². The lowest BCUT2D eigenvalue weighted by molar-refractivity contribution is -0.147. The topological polar surface area (TPSA) is 140 Å². The molecule has 4 rings (SSSR count). The van der Waals surface area contributed by atoms with Crippen LogP contribution >= 0.6 is 0 Å². The minimum Gasteiger partial charge on any atom is -0.361 e. The number of aromatic amines is 1. The van der Waals surface area contributed by atoms with Gasteiger partial charge >= 0.3 is 0 Å². The molecule has 0 unspecified atom stereocenters. The third kappa shape index (κ3) is 7.57. The van der Waals surface area contributed by atoms with Gasteiger partial charge < -0.3 is 25.8 Å². The molecule has 4 atom stereocenters. The number of Topliss-reactive ketones (excluding diaryl/α,β-unsaturated/α-hetero) is 1. The highest BCUT2D eigenvalue weighted by atomic mass is 16.2. The molecule has 42 heavy (non-hydrogen) atoms. The number of aromatic nitrogens is 1. The zero-order valence-corrected chi connectivity index (χ0v) is 25.0. The molecule has 10 nitrogen and oxygen atoms in total. The number of amides is 4. The number of fused-ring (bicyclic) bond motifs is 2. The first-order valence-electron chi connectivity index (χ1n) is 15.5. The first-order valence-corrected chi connectivity index (χ1v) is 15.5. The van der Waals surface area contributed by atoms with Crippen molar-refractivity contribution in [3.63, 3.8) is 0 Å². The van der Waals surface area contributed by atoms with Gasteiger partial charge in [-0.3, -0.25) is 24.0 Å². The lowest BCUT2D eigenvalue weighted by Crippen LogP contribution is -2.64. The monoisotopic (exact) mass is 579 g/mol. The number of carbonyl (C=O) groups is 5. The quantitative estimate of drug-likeness (QED) is 0.320. The van der Waals surface area contributed by atoms with E-state index in [0.717, 1.165) is 42.1 Å². The van der Waals surface area contributed by atoms with E-state index in [1.54, 1.807) is 4.90 Å². The summed E-state index contributed by atoms with van der Waals surface area (Å²) in [5, 5.41) is 9.73. The molecule has 4 N–H and O–H groups in total. The summed E-state index contributed by atoms with van der Waals surface area (Å²) in [4.78, 5) is 71.4. The predicted octanol–water partition coefficient (Wildman–Crippen LogP) is 3.15. The molecular formula is C32H45N5O5. The molecule has 3 heterocycles. The fraction of sp³-hybridized carbons (Fsp3) is 0.594. The van der Waals surface area contributed by atoms with E-state index in [1.165, 1.54) is 0 Å². The molecule has 0 bridgehead atoms. The maximum absolute atomic E-state index is 13.8. The largest absolute Gasteiger partial charge is 0.361 e. The van der Waals surface area contributed by atoms with Crippen molar-refractivity contribution < 1.29 is 24.0 Å². The summed E-state index contributed by atoms with van der Waals surface area (Å²) in [5.74, 6) is -1.48. The SMILES string of the molecule is CCC(=O)CCCCC[C@@H]1NC(=O)[C@H]2CCCCN2C(=O)[C@H](C(C)C)NC(=O)[C@H](Cc2c[nH]c3ccccc23)NC1=O. The lowest BCUT2D eigenvalue weighted by Gasteiger charge is -2.39. The highest BCUT2D eigenvalue weighted by molar-refractivity contribution is 5.98. The fourth-order valence-electron chi connectivity index (χ4n) is 5.98. The Kier molecular flexibility index (Phi) is 10.8. The standard InChI is InChI=1S/C32H45N5O5/c1-4-22(38)12-6-5-7-15-25-29(39)35-26(18-21-19-33-24-14-9-8-13-23(21)24)30(40)36-28(20(2)3)32(42)37-17-11-10-16-27(37)31(41)34-25/h8-9,13-14,19-20,25-28,33H,4-7,10-12,15-18H2,1-3H3,(H,34,41)(H,35,39)(H,36,40)/t25-,26-,27+,28-/m0/s1. The Labute approximate surface area is 247 Å². The molecule has 2 aromatic rings. The van der Waals surface area contributed by atoms with Crippen molar-refractivity contribution >= 4 is 40.3 Å². The van der Waals surface area contributed by atoms with E-state index in [-0.39, 0.29) is 29.9 Å². The van der Waals surface area contributed by atoms with Crippen molar-refractivity contribution in [3.05, 3.63) is 36.0 Å². The van der Waals surface area contributed by atoms with Gasteiger partial charge in [-0.25, -0.2) is 0 Å². The van der Waals surface area contributed by atoms with Crippen LogP contribution in [-0.2, 0) is 30.4 Å². The Balaban J connectivity index is 1.61. The smallest absolute Gasteiger partial charge is 0.246 e. The van der Waals surface area contributed by atoms with E-state index in [9.17, 15) is 24.0 Å². The van der Waals surface area contributed by atoms with Gasteiger partial charge in [-0.2, -0.15) is 0 Å². The Morgan fingerprint density at radius 3 is 2.43 bits per heavy atom. The molecule has 2 fully saturated rings. The number of nitrogens with one attached hydrogen (secondary N) is 4. The number of hydrogen-bond acceptors (Lipinski definition) is 5. The van der Waals surface area contributed by atoms with Crippen LogP contribution in [0.5, 0.6) is 0 Å². The number of ketones is 1. The number of rotatable bonds is 10. The maximum Gasteiger partial charge on any atom is 0.246 e. The van der Waals surface area contributed by atoms with Crippen molar-refractivity contribution in [2.24, 2.45) is 5.92 Å². The lowest BCUT2D eigenvalue weighted by atomic mass is 9.95. The molecule has 0 aliphatic carbocycles. The third-order valence-corrected chi connectivity index (χ3v) is 8.53. The van der Waals surface area contributed by atoms with E-state index in [4.69, 9.17) is 0 Å². The molecule has 0 radical (unpaired) electrons.